The SMILES string of the molecule is O=C(O)[C@](CS)(Nc1cccc(C(c2ccccc2)c2ccccc2)c1)C(=O)OCC1c2ccccc2-c2ccccc21. The molecule has 5 nitrogen and oxygen atoms in total. The van der Waals surface area contributed by atoms with Crippen molar-refractivity contribution in [3.63, 3.8) is 0 Å². The summed E-state index contributed by atoms with van der Waals surface area (Å²) in [6.07, 6.45) is 0. The molecule has 0 radical (unpaired) electrons. The fourth-order valence-corrected chi connectivity index (χ4v) is 6.34. The number of aliphatic carboxylic acids is 1. The maximum Gasteiger partial charge on any atom is 0.344 e. The molecule has 1 aliphatic carbocycles. The Morgan fingerprint density at radius 2 is 1.23 bits per heavy atom. The third-order valence-corrected chi connectivity index (χ3v) is 8.61. The number of benzene rings is 5. The molecule has 0 saturated heterocycles. The third kappa shape index (κ3) is 5.42. The van der Waals surface area contributed by atoms with Gasteiger partial charge in [-0.3, -0.25) is 0 Å². The number of carbonyl (C=O) groups excluding carboxylic acids is 1. The highest BCUT2D eigenvalue weighted by Gasteiger charge is 2.48. The van der Waals surface area contributed by atoms with E-state index >= 15 is 0 Å². The molecule has 0 saturated carbocycles. The van der Waals surface area contributed by atoms with Crippen LogP contribution in [0.1, 0.15) is 39.7 Å². The Kier molecular flexibility index (Phi) is 8.03. The predicted octanol–water partition coefficient (Wildman–Crippen LogP) is 7.39. The molecule has 0 unspecified atom stereocenters. The van der Waals surface area contributed by atoms with Crippen LogP contribution in [-0.2, 0) is 14.3 Å². The Morgan fingerprint density at radius 1 is 0.721 bits per heavy atom. The van der Waals surface area contributed by atoms with Gasteiger partial charge in [0.2, 0.25) is 5.54 Å². The molecule has 214 valence electrons. The molecule has 6 heteroatoms. The summed E-state index contributed by atoms with van der Waals surface area (Å²) in [5.41, 5.74) is 5.84. The largest absolute Gasteiger partial charge is 0.479 e. The number of carboxylic acids is 1. The summed E-state index contributed by atoms with van der Waals surface area (Å²) >= 11 is 4.34. The van der Waals surface area contributed by atoms with Crippen molar-refractivity contribution in [2.45, 2.75) is 17.4 Å². The van der Waals surface area contributed by atoms with Crippen molar-refractivity contribution in [3.8, 4) is 11.1 Å². The fraction of sp³-hybridized carbons (Fsp3) is 0.135. The summed E-state index contributed by atoms with van der Waals surface area (Å²) in [6, 6.07) is 43.8. The average molecular weight is 586 g/mol. The maximum absolute atomic E-state index is 13.7. The Hall–Kier alpha value is -4.81. The van der Waals surface area contributed by atoms with Gasteiger partial charge in [0.1, 0.15) is 6.61 Å². The van der Waals surface area contributed by atoms with Crippen molar-refractivity contribution >= 4 is 30.3 Å². The molecule has 0 fully saturated rings. The van der Waals surface area contributed by atoms with Gasteiger partial charge >= 0.3 is 11.9 Å². The first kappa shape index (κ1) is 28.3. The number of carboxylic acid groups (broad SMARTS) is 1. The lowest BCUT2D eigenvalue weighted by molar-refractivity contribution is -0.158. The number of hydrogen-bond donors (Lipinski definition) is 3. The van der Waals surface area contributed by atoms with Crippen molar-refractivity contribution in [3.05, 3.63) is 161 Å². The van der Waals surface area contributed by atoms with E-state index < -0.39 is 17.5 Å². The van der Waals surface area contributed by atoms with Crippen molar-refractivity contribution in [2.75, 3.05) is 17.7 Å². The quantitative estimate of drug-likeness (QED) is 0.0690. The van der Waals surface area contributed by atoms with E-state index in [-0.39, 0.29) is 24.2 Å². The van der Waals surface area contributed by atoms with Gasteiger partial charge in [-0.25, -0.2) is 9.59 Å². The van der Waals surface area contributed by atoms with Crippen LogP contribution in [0.25, 0.3) is 11.1 Å². The van der Waals surface area contributed by atoms with Gasteiger partial charge in [-0.05, 0) is 51.1 Å². The third-order valence-electron chi connectivity index (χ3n) is 8.14. The molecular formula is C37H31NO4S. The Bertz CT molecular complexity index is 1670. The number of carbonyl (C=O) groups is 2. The highest BCUT2D eigenvalue weighted by molar-refractivity contribution is 7.80. The van der Waals surface area contributed by atoms with Crippen LogP contribution in [0, 0.1) is 0 Å². The van der Waals surface area contributed by atoms with Gasteiger partial charge in [0.15, 0.2) is 0 Å². The molecule has 43 heavy (non-hydrogen) atoms. The topological polar surface area (TPSA) is 75.6 Å². The van der Waals surface area contributed by atoms with Gasteiger partial charge in [0, 0.05) is 23.3 Å². The van der Waals surface area contributed by atoms with Crippen LogP contribution in [-0.4, -0.2) is 34.9 Å². The number of nitrogens with one attached hydrogen (secondary N) is 1. The summed E-state index contributed by atoms with van der Waals surface area (Å²) < 4.78 is 5.81. The van der Waals surface area contributed by atoms with Crippen LogP contribution in [0.3, 0.4) is 0 Å². The molecule has 5 aromatic rings. The zero-order chi connectivity index (χ0) is 29.8. The van der Waals surface area contributed by atoms with E-state index in [0.29, 0.717) is 5.69 Å². The monoisotopic (exact) mass is 585 g/mol. The first-order chi connectivity index (χ1) is 21.0. The van der Waals surface area contributed by atoms with E-state index in [9.17, 15) is 14.7 Å². The van der Waals surface area contributed by atoms with Gasteiger partial charge in [-0.15, -0.1) is 0 Å². The van der Waals surface area contributed by atoms with Crippen LogP contribution in [0.5, 0.6) is 0 Å². The normalized spacial score (nSPS) is 13.5. The molecule has 2 N–H and O–H groups in total. The lowest BCUT2D eigenvalue weighted by Crippen LogP contribution is -2.56. The molecule has 5 aromatic carbocycles. The summed E-state index contributed by atoms with van der Waals surface area (Å²) in [7, 11) is 0. The second-order valence-electron chi connectivity index (χ2n) is 10.7. The minimum Gasteiger partial charge on any atom is -0.479 e. The minimum atomic E-state index is -2.09. The van der Waals surface area contributed by atoms with Gasteiger partial charge in [0.05, 0.1) is 0 Å². The van der Waals surface area contributed by atoms with Gasteiger partial charge in [-0.1, -0.05) is 121 Å². The van der Waals surface area contributed by atoms with E-state index in [2.05, 4.69) is 54.3 Å². The molecule has 1 aliphatic rings. The molecule has 6 rings (SSSR count). The molecule has 1 atom stereocenters. The number of hydrogen-bond acceptors (Lipinski definition) is 5. The van der Waals surface area contributed by atoms with Gasteiger partial charge < -0.3 is 15.2 Å². The Labute approximate surface area is 256 Å². The molecule has 0 amide bonds. The van der Waals surface area contributed by atoms with Crippen LogP contribution in [0.4, 0.5) is 5.69 Å². The number of thiol groups is 1. The summed E-state index contributed by atoms with van der Waals surface area (Å²) in [5, 5.41) is 13.4. The number of rotatable bonds is 10. The second-order valence-corrected chi connectivity index (χ2v) is 11.0. The van der Waals surface area contributed by atoms with Crippen molar-refractivity contribution < 1.29 is 19.4 Å². The van der Waals surface area contributed by atoms with Gasteiger partial charge in [0.25, 0.3) is 0 Å². The van der Waals surface area contributed by atoms with E-state index in [4.69, 9.17) is 4.74 Å². The van der Waals surface area contributed by atoms with E-state index in [1.807, 2.05) is 91.0 Å². The van der Waals surface area contributed by atoms with Gasteiger partial charge in [-0.2, -0.15) is 12.6 Å². The van der Waals surface area contributed by atoms with Crippen LogP contribution in [0.2, 0.25) is 0 Å². The lowest BCUT2D eigenvalue weighted by Gasteiger charge is -2.29. The Morgan fingerprint density at radius 3 is 1.77 bits per heavy atom. The predicted molar refractivity (Wildman–Crippen MR) is 173 cm³/mol. The summed E-state index contributed by atoms with van der Waals surface area (Å²) in [6.45, 7) is 0.0154. The summed E-state index contributed by atoms with van der Waals surface area (Å²) in [4.78, 5) is 26.4. The first-order valence-corrected chi connectivity index (χ1v) is 14.8. The highest BCUT2D eigenvalue weighted by Crippen LogP contribution is 2.44. The molecule has 0 aromatic heterocycles. The zero-order valence-corrected chi connectivity index (χ0v) is 24.3. The smallest absolute Gasteiger partial charge is 0.344 e. The fourth-order valence-electron chi connectivity index (χ4n) is 6.00. The molecule has 0 aliphatic heterocycles. The standard InChI is InChI=1S/C37H31NO4S/c39-35(40)37(24-43,36(41)42-23-33-31-20-9-7-18-29(31)30-19-8-10-21-32(30)33)38-28-17-11-16-27(22-28)34(25-12-3-1-4-13-25)26-14-5-2-6-15-26/h1-22,33-34,38,43H,23-24H2,(H,39,40)/t37-/m0/s1. The summed E-state index contributed by atoms with van der Waals surface area (Å²) in [5.74, 6) is -2.82. The minimum absolute atomic E-state index is 0.0154. The highest BCUT2D eigenvalue weighted by atomic mass is 32.1. The number of esters is 1. The lowest BCUT2D eigenvalue weighted by atomic mass is 9.85. The second kappa shape index (κ2) is 12.2. The first-order valence-electron chi connectivity index (χ1n) is 14.2. The van der Waals surface area contributed by atoms with Crippen molar-refractivity contribution in [1.29, 1.82) is 0 Å². The number of anilines is 1. The average Bonchev–Trinajstić information content (AvgIpc) is 3.37. The van der Waals surface area contributed by atoms with Crippen LogP contribution in [0.15, 0.2) is 133 Å². The van der Waals surface area contributed by atoms with Crippen molar-refractivity contribution in [2.24, 2.45) is 0 Å². The van der Waals surface area contributed by atoms with E-state index in [1.165, 1.54) is 0 Å². The van der Waals surface area contributed by atoms with E-state index in [0.717, 1.165) is 38.9 Å². The molecular weight excluding hydrogens is 554 g/mol. The number of ether oxygens (including phenoxy) is 1. The van der Waals surface area contributed by atoms with E-state index in [1.54, 1.807) is 6.07 Å². The van der Waals surface area contributed by atoms with Crippen LogP contribution < -0.4 is 5.32 Å². The number of fused-ring (bicyclic) bond motifs is 3. The molecule has 0 bridgehead atoms. The zero-order valence-electron chi connectivity index (χ0n) is 23.4. The van der Waals surface area contributed by atoms with Crippen molar-refractivity contribution in [1.82, 2.24) is 0 Å². The van der Waals surface area contributed by atoms with Crippen LogP contribution >= 0.6 is 12.6 Å². The molecule has 0 heterocycles. The maximum atomic E-state index is 13.7. The molecule has 0 spiro atoms. The Balaban J connectivity index is 1.28.